The van der Waals surface area contributed by atoms with Crippen LogP contribution in [0, 0.1) is 6.92 Å². The quantitative estimate of drug-likeness (QED) is 0.0430. The van der Waals surface area contributed by atoms with Crippen LogP contribution < -0.4 is 15.6 Å². The number of nitrogens with zero attached hydrogens (tertiary/aromatic N) is 4. The van der Waals surface area contributed by atoms with E-state index in [4.69, 9.17) is 19.6 Å². The molecule has 0 aromatic heterocycles. The van der Waals surface area contributed by atoms with Gasteiger partial charge in [-0.05, 0) is 54.3 Å². The first-order valence-corrected chi connectivity index (χ1v) is 15.6. The molecule has 47 heavy (non-hydrogen) atoms. The molecule has 5 rings (SSSR count). The second-order valence-corrected chi connectivity index (χ2v) is 11.2. The second kappa shape index (κ2) is 16.2. The van der Waals surface area contributed by atoms with Gasteiger partial charge in [0.25, 0.3) is 5.91 Å². The Balaban J connectivity index is 1.49. The molecule has 2 atom stereocenters. The molecule has 0 saturated carbocycles. The van der Waals surface area contributed by atoms with E-state index in [1.54, 1.807) is 30.3 Å². The van der Waals surface area contributed by atoms with Gasteiger partial charge in [0.1, 0.15) is 5.75 Å². The van der Waals surface area contributed by atoms with E-state index in [0.717, 1.165) is 11.1 Å². The van der Waals surface area contributed by atoms with Gasteiger partial charge in [-0.25, -0.2) is 10.4 Å². The molecule has 0 aliphatic carbocycles. The van der Waals surface area contributed by atoms with Crippen molar-refractivity contribution in [3.63, 3.8) is 0 Å². The summed E-state index contributed by atoms with van der Waals surface area (Å²) in [5.41, 5.74) is 18.7. The van der Waals surface area contributed by atoms with Crippen molar-refractivity contribution < 1.29 is 19.4 Å². The Morgan fingerprint density at radius 2 is 1.79 bits per heavy atom. The molecule has 4 aromatic carbocycles. The zero-order chi connectivity index (χ0) is 32.9. The molecular weight excluding hydrogens is 592 g/mol. The number of aliphatic hydroxyl groups is 1. The van der Waals surface area contributed by atoms with Gasteiger partial charge in [0, 0.05) is 47.7 Å². The molecule has 1 amide bonds. The first-order chi connectivity index (χ1) is 23.0. The minimum Gasteiger partial charge on any atom is -0.494 e. The zero-order valence-electron chi connectivity index (χ0n) is 26.3. The molecule has 4 aromatic rings. The maximum Gasteiger partial charge on any atom is 0.266 e. The van der Waals surface area contributed by atoms with Crippen LogP contribution in [-0.4, -0.2) is 42.2 Å². The molecule has 240 valence electrons. The molecule has 0 fully saturated rings. The predicted molar refractivity (Wildman–Crippen MR) is 183 cm³/mol. The number of hydrogen-bond donors (Lipinski definition) is 3. The van der Waals surface area contributed by atoms with E-state index in [2.05, 4.69) is 45.1 Å². The number of hydrazine groups is 1. The van der Waals surface area contributed by atoms with Crippen LogP contribution >= 0.6 is 0 Å². The highest BCUT2D eigenvalue weighted by Crippen LogP contribution is 2.45. The Kier molecular flexibility index (Phi) is 11.4. The van der Waals surface area contributed by atoms with Crippen molar-refractivity contribution in [3.05, 3.63) is 147 Å². The third-order valence-corrected chi connectivity index (χ3v) is 7.80. The van der Waals surface area contributed by atoms with E-state index in [-0.39, 0.29) is 24.8 Å². The number of hydrogen-bond acceptors (Lipinski definition) is 7. The monoisotopic (exact) mass is 630 g/mol. The molecule has 1 aliphatic heterocycles. The fourth-order valence-electron chi connectivity index (χ4n) is 5.29. The molecule has 1 heterocycles. The Hall–Kier alpha value is -5.41. The predicted octanol–water partition coefficient (Wildman–Crippen LogP) is 6.92. The van der Waals surface area contributed by atoms with Crippen molar-refractivity contribution in [2.24, 2.45) is 10.1 Å². The smallest absolute Gasteiger partial charge is 0.266 e. The summed E-state index contributed by atoms with van der Waals surface area (Å²) in [6.07, 6.45) is 4.37. The van der Waals surface area contributed by atoms with E-state index in [9.17, 15) is 10.3 Å². The van der Waals surface area contributed by atoms with Crippen LogP contribution in [0.1, 0.15) is 46.8 Å². The molecule has 3 N–H and O–H groups in total. The average molecular weight is 631 g/mol. The van der Waals surface area contributed by atoms with Crippen LogP contribution in [0.25, 0.3) is 16.5 Å². The van der Waals surface area contributed by atoms with Gasteiger partial charge in [-0.15, -0.1) is 0 Å². The number of benzene rings is 4. The number of carbonyl (C=O) groups excluding carboxylic acids is 1. The van der Waals surface area contributed by atoms with Crippen molar-refractivity contribution in [2.45, 2.75) is 37.8 Å². The number of aliphatic imine (C=N–C) groups is 1. The maximum atomic E-state index is 14.4. The van der Waals surface area contributed by atoms with Crippen molar-refractivity contribution in [1.82, 2.24) is 10.9 Å². The number of azide groups is 1. The summed E-state index contributed by atoms with van der Waals surface area (Å²) in [6.45, 7) is 2.98. The molecule has 10 heteroatoms. The summed E-state index contributed by atoms with van der Waals surface area (Å²) >= 11 is 0. The van der Waals surface area contributed by atoms with Crippen LogP contribution in [0.15, 0.2) is 119 Å². The van der Waals surface area contributed by atoms with Crippen LogP contribution in [0.3, 0.4) is 0 Å². The van der Waals surface area contributed by atoms with Gasteiger partial charge in [0.2, 0.25) is 5.90 Å². The molecule has 0 bridgehead atoms. The van der Waals surface area contributed by atoms with E-state index in [0.29, 0.717) is 48.6 Å². The van der Waals surface area contributed by atoms with Crippen molar-refractivity contribution in [3.8, 4) is 5.75 Å². The summed E-state index contributed by atoms with van der Waals surface area (Å²) in [5.74, 6) is 0.521. The minimum atomic E-state index is -1.46. The summed E-state index contributed by atoms with van der Waals surface area (Å²) in [4.78, 5) is 22.4. The molecule has 1 aliphatic rings. The number of rotatable bonds is 15. The normalized spacial score (nSPS) is 17.1. The first-order valence-electron chi connectivity index (χ1n) is 15.6. The lowest BCUT2D eigenvalue weighted by atomic mass is 9.83. The Bertz CT molecular complexity index is 1740. The van der Waals surface area contributed by atoms with Crippen LogP contribution in [0.2, 0.25) is 0 Å². The lowest BCUT2D eigenvalue weighted by Crippen LogP contribution is -2.52. The summed E-state index contributed by atoms with van der Waals surface area (Å²) in [6, 6.07) is 32.4. The molecule has 0 saturated heterocycles. The van der Waals surface area contributed by atoms with Gasteiger partial charge >= 0.3 is 0 Å². The molecule has 0 unspecified atom stereocenters. The zero-order valence-corrected chi connectivity index (χ0v) is 26.3. The van der Waals surface area contributed by atoms with E-state index in [1.165, 1.54) is 5.56 Å². The van der Waals surface area contributed by atoms with Crippen LogP contribution in [-0.2, 0) is 16.0 Å². The SMILES string of the molecule is Cc1ccc(CCNNC(=O)[C@@]2(C/C=C/c3ccccc3)N=C(c3ccc(OCCCO)cc3)O[C@H]2c2ccccc2N=[N+]=[N-])cc1. The molecule has 10 nitrogen and oxygen atoms in total. The minimum absolute atomic E-state index is 0.0467. The number of carbonyl (C=O) groups is 1. The van der Waals surface area contributed by atoms with Gasteiger partial charge in [-0.1, -0.05) is 102 Å². The highest BCUT2D eigenvalue weighted by Gasteiger charge is 2.53. The average Bonchev–Trinajstić information content (AvgIpc) is 3.49. The Labute approximate surface area is 274 Å². The van der Waals surface area contributed by atoms with Crippen LogP contribution in [0.4, 0.5) is 5.69 Å². The van der Waals surface area contributed by atoms with Gasteiger partial charge in [-0.2, -0.15) is 0 Å². The van der Waals surface area contributed by atoms with E-state index >= 15 is 0 Å². The second-order valence-electron chi connectivity index (χ2n) is 11.2. The number of aliphatic hydroxyl groups excluding tert-OH is 1. The van der Waals surface area contributed by atoms with Crippen molar-refractivity contribution in [2.75, 3.05) is 19.8 Å². The van der Waals surface area contributed by atoms with Gasteiger partial charge in [0.15, 0.2) is 11.6 Å². The maximum absolute atomic E-state index is 14.4. The fourth-order valence-corrected chi connectivity index (χ4v) is 5.29. The molecule has 0 spiro atoms. The largest absolute Gasteiger partial charge is 0.494 e. The topological polar surface area (TPSA) is 141 Å². The lowest BCUT2D eigenvalue weighted by Gasteiger charge is -2.30. The number of nitrogens with one attached hydrogen (secondary N) is 2. The third-order valence-electron chi connectivity index (χ3n) is 7.80. The summed E-state index contributed by atoms with van der Waals surface area (Å²) in [5, 5.41) is 13.0. The number of amides is 1. The highest BCUT2D eigenvalue weighted by atomic mass is 16.5. The van der Waals surface area contributed by atoms with Crippen LogP contribution in [0.5, 0.6) is 5.75 Å². The lowest BCUT2D eigenvalue weighted by molar-refractivity contribution is -0.129. The highest BCUT2D eigenvalue weighted by molar-refractivity contribution is 6.01. The third kappa shape index (κ3) is 8.45. The number of aryl methyl sites for hydroxylation is 1. The summed E-state index contributed by atoms with van der Waals surface area (Å²) in [7, 11) is 0. The molecular formula is C37H38N6O4. The van der Waals surface area contributed by atoms with Crippen molar-refractivity contribution >= 4 is 23.6 Å². The fraction of sp³-hybridized carbons (Fsp3) is 0.243. The first kappa shape index (κ1) is 33.0. The molecule has 0 radical (unpaired) electrons. The van der Waals surface area contributed by atoms with Gasteiger partial charge < -0.3 is 14.6 Å². The van der Waals surface area contributed by atoms with Crippen molar-refractivity contribution in [1.29, 1.82) is 0 Å². The Morgan fingerprint density at radius 3 is 2.53 bits per heavy atom. The van der Waals surface area contributed by atoms with E-state index < -0.39 is 11.6 Å². The van der Waals surface area contributed by atoms with Gasteiger partial charge in [-0.3, -0.25) is 10.2 Å². The summed E-state index contributed by atoms with van der Waals surface area (Å²) < 4.78 is 12.3. The standard InChI is InChI=1S/C37H38N6O4/c1-27-14-16-29(17-15-27)22-24-39-42-36(45)37(23-7-11-28-9-3-2-4-10-28)34(32-12-5-6-13-33(32)41-43-38)47-35(40-37)30-18-20-31(21-19-30)46-26-8-25-44/h2-7,9-21,34,39,44H,8,22-26H2,1H3,(H,42,45)/b11-7+/t34-,37-/m0/s1. The van der Waals surface area contributed by atoms with Gasteiger partial charge in [0.05, 0.1) is 6.61 Å². The Morgan fingerprint density at radius 1 is 1.04 bits per heavy atom. The number of ether oxygens (including phenoxy) is 2. The van der Waals surface area contributed by atoms with E-state index in [1.807, 2.05) is 67.6 Å².